The van der Waals surface area contributed by atoms with Gasteiger partial charge in [-0.3, -0.25) is 0 Å². The molecule has 1 atom stereocenters. The standard InChI is InChI=1S/C9H20O3/c1-4-9(3,10)8-12-7-6-11-5-2/h10H,4-8H2,1-3H3. The third-order valence-electron chi connectivity index (χ3n) is 1.75. The van der Waals surface area contributed by atoms with Gasteiger partial charge in [0.1, 0.15) is 0 Å². The number of ether oxygens (including phenoxy) is 2. The van der Waals surface area contributed by atoms with Crippen LogP contribution in [0.2, 0.25) is 0 Å². The van der Waals surface area contributed by atoms with Gasteiger partial charge in [0, 0.05) is 6.61 Å². The highest BCUT2D eigenvalue weighted by molar-refractivity contribution is 4.68. The molecule has 0 amide bonds. The minimum Gasteiger partial charge on any atom is -0.388 e. The van der Waals surface area contributed by atoms with E-state index in [0.717, 1.165) is 0 Å². The van der Waals surface area contributed by atoms with Crippen LogP contribution in [-0.2, 0) is 9.47 Å². The van der Waals surface area contributed by atoms with E-state index in [4.69, 9.17) is 9.47 Å². The van der Waals surface area contributed by atoms with Crippen LogP contribution < -0.4 is 0 Å². The SMILES string of the molecule is CCOCCOCC(C)(O)CC. The molecule has 1 unspecified atom stereocenters. The van der Waals surface area contributed by atoms with E-state index in [1.54, 1.807) is 6.92 Å². The summed E-state index contributed by atoms with van der Waals surface area (Å²) in [6, 6.07) is 0. The van der Waals surface area contributed by atoms with Crippen molar-refractivity contribution in [2.24, 2.45) is 0 Å². The van der Waals surface area contributed by atoms with Crippen molar-refractivity contribution in [3.05, 3.63) is 0 Å². The molecule has 1 N–H and O–H groups in total. The number of hydrogen-bond donors (Lipinski definition) is 1. The summed E-state index contributed by atoms with van der Waals surface area (Å²) in [4.78, 5) is 0. The van der Waals surface area contributed by atoms with Crippen molar-refractivity contribution in [2.75, 3.05) is 26.4 Å². The maximum absolute atomic E-state index is 9.51. The Labute approximate surface area is 74.7 Å². The molecule has 0 fully saturated rings. The molecule has 0 saturated heterocycles. The summed E-state index contributed by atoms with van der Waals surface area (Å²) in [5.74, 6) is 0. The van der Waals surface area contributed by atoms with E-state index in [0.29, 0.717) is 32.8 Å². The third kappa shape index (κ3) is 6.58. The molecule has 0 bridgehead atoms. The van der Waals surface area contributed by atoms with Gasteiger partial charge in [-0.15, -0.1) is 0 Å². The van der Waals surface area contributed by atoms with Gasteiger partial charge in [0.25, 0.3) is 0 Å². The maximum Gasteiger partial charge on any atom is 0.0849 e. The van der Waals surface area contributed by atoms with Gasteiger partial charge < -0.3 is 14.6 Å². The zero-order valence-electron chi connectivity index (χ0n) is 8.30. The zero-order chi connectivity index (χ0) is 9.45. The lowest BCUT2D eigenvalue weighted by atomic mass is 10.1. The van der Waals surface area contributed by atoms with Gasteiger partial charge in [-0.2, -0.15) is 0 Å². The minimum atomic E-state index is -0.688. The first-order chi connectivity index (χ1) is 5.62. The van der Waals surface area contributed by atoms with Crippen molar-refractivity contribution in [1.29, 1.82) is 0 Å². The van der Waals surface area contributed by atoms with Crippen molar-refractivity contribution >= 4 is 0 Å². The number of hydrogen-bond acceptors (Lipinski definition) is 3. The summed E-state index contributed by atoms with van der Waals surface area (Å²) in [5.41, 5.74) is -0.688. The summed E-state index contributed by atoms with van der Waals surface area (Å²) in [5, 5.41) is 9.51. The van der Waals surface area contributed by atoms with Crippen LogP contribution in [0.5, 0.6) is 0 Å². The second kappa shape index (κ2) is 6.40. The zero-order valence-corrected chi connectivity index (χ0v) is 8.30. The summed E-state index contributed by atoms with van der Waals surface area (Å²) in [6.45, 7) is 7.92. The van der Waals surface area contributed by atoms with Gasteiger partial charge >= 0.3 is 0 Å². The highest BCUT2D eigenvalue weighted by Gasteiger charge is 2.16. The third-order valence-corrected chi connectivity index (χ3v) is 1.75. The highest BCUT2D eigenvalue weighted by atomic mass is 16.5. The monoisotopic (exact) mass is 176 g/mol. The van der Waals surface area contributed by atoms with Crippen LogP contribution in [0.15, 0.2) is 0 Å². The smallest absolute Gasteiger partial charge is 0.0849 e. The van der Waals surface area contributed by atoms with Gasteiger partial charge in [-0.1, -0.05) is 6.92 Å². The Morgan fingerprint density at radius 1 is 1.17 bits per heavy atom. The molecule has 74 valence electrons. The van der Waals surface area contributed by atoms with Crippen molar-refractivity contribution < 1.29 is 14.6 Å². The molecule has 0 aromatic carbocycles. The first-order valence-corrected chi connectivity index (χ1v) is 4.50. The molecular weight excluding hydrogens is 156 g/mol. The molecule has 0 aliphatic rings. The molecule has 0 spiro atoms. The van der Waals surface area contributed by atoms with Crippen molar-refractivity contribution in [2.45, 2.75) is 32.8 Å². The lowest BCUT2D eigenvalue weighted by Crippen LogP contribution is -2.30. The average Bonchev–Trinajstić information content (AvgIpc) is 2.04. The Morgan fingerprint density at radius 2 is 1.75 bits per heavy atom. The Bertz CT molecular complexity index is 102. The van der Waals surface area contributed by atoms with Gasteiger partial charge in [-0.05, 0) is 20.3 Å². The van der Waals surface area contributed by atoms with Gasteiger partial charge in [0.2, 0.25) is 0 Å². The first-order valence-electron chi connectivity index (χ1n) is 4.50. The second-order valence-electron chi connectivity index (χ2n) is 3.10. The highest BCUT2D eigenvalue weighted by Crippen LogP contribution is 2.07. The predicted molar refractivity (Wildman–Crippen MR) is 48.2 cm³/mol. The largest absolute Gasteiger partial charge is 0.388 e. The van der Waals surface area contributed by atoms with E-state index < -0.39 is 5.60 Å². The van der Waals surface area contributed by atoms with Crippen LogP contribution in [0.4, 0.5) is 0 Å². The van der Waals surface area contributed by atoms with E-state index >= 15 is 0 Å². The summed E-state index contributed by atoms with van der Waals surface area (Å²) in [6.07, 6.45) is 0.710. The fourth-order valence-electron chi connectivity index (χ4n) is 0.656. The van der Waals surface area contributed by atoms with Crippen LogP contribution in [0.1, 0.15) is 27.2 Å². The molecule has 0 rings (SSSR count). The number of rotatable bonds is 7. The van der Waals surface area contributed by atoms with E-state index in [-0.39, 0.29) is 0 Å². The van der Waals surface area contributed by atoms with Crippen LogP contribution in [0.3, 0.4) is 0 Å². The van der Waals surface area contributed by atoms with Crippen LogP contribution in [0.25, 0.3) is 0 Å². The van der Waals surface area contributed by atoms with Gasteiger partial charge in [-0.25, -0.2) is 0 Å². The molecule has 0 aliphatic heterocycles. The van der Waals surface area contributed by atoms with E-state index in [9.17, 15) is 5.11 Å². The second-order valence-corrected chi connectivity index (χ2v) is 3.10. The summed E-state index contributed by atoms with van der Waals surface area (Å²) in [7, 11) is 0. The predicted octanol–water partition coefficient (Wildman–Crippen LogP) is 1.20. The van der Waals surface area contributed by atoms with Crippen LogP contribution in [0, 0.1) is 0 Å². The minimum absolute atomic E-state index is 0.385. The molecule has 0 aromatic rings. The van der Waals surface area contributed by atoms with Crippen molar-refractivity contribution in [1.82, 2.24) is 0 Å². The van der Waals surface area contributed by atoms with E-state index in [1.807, 2.05) is 13.8 Å². The quantitative estimate of drug-likeness (QED) is 0.592. The van der Waals surface area contributed by atoms with Crippen LogP contribution in [-0.4, -0.2) is 37.1 Å². The summed E-state index contributed by atoms with van der Waals surface area (Å²) >= 11 is 0. The maximum atomic E-state index is 9.51. The Kier molecular flexibility index (Phi) is 6.34. The Morgan fingerprint density at radius 3 is 2.25 bits per heavy atom. The molecule has 0 aliphatic carbocycles. The normalized spacial score (nSPS) is 16.0. The lowest BCUT2D eigenvalue weighted by Gasteiger charge is -2.20. The average molecular weight is 176 g/mol. The van der Waals surface area contributed by atoms with Gasteiger partial charge in [0.15, 0.2) is 0 Å². The molecular formula is C9H20O3. The fourth-order valence-corrected chi connectivity index (χ4v) is 0.656. The van der Waals surface area contributed by atoms with E-state index in [2.05, 4.69) is 0 Å². The number of aliphatic hydroxyl groups is 1. The molecule has 12 heavy (non-hydrogen) atoms. The van der Waals surface area contributed by atoms with E-state index in [1.165, 1.54) is 0 Å². The molecule has 0 heterocycles. The summed E-state index contributed by atoms with van der Waals surface area (Å²) < 4.78 is 10.3. The van der Waals surface area contributed by atoms with Crippen molar-refractivity contribution in [3.63, 3.8) is 0 Å². The molecule has 0 saturated carbocycles. The topological polar surface area (TPSA) is 38.7 Å². The molecule has 0 radical (unpaired) electrons. The first kappa shape index (κ1) is 11.9. The Hall–Kier alpha value is -0.120. The Balaban J connectivity index is 3.19. The molecule has 0 aromatic heterocycles. The fraction of sp³-hybridized carbons (Fsp3) is 1.00. The lowest BCUT2D eigenvalue weighted by molar-refractivity contribution is -0.0485. The van der Waals surface area contributed by atoms with Crippen LogP contribution >= 0.6 is 0 Å². The van der Waals surface area contributed by atoms with Crippen molar-refractivity contribution in [3.8, 4) is 0 Å². The molecule has 3 heteroatoms. The van der Waals surface area contributed by atoms with Gasteiger partial charge in [0.05, 0.1) is 25.4 Å². The molecule has 3 nitrogen and oxygen atoms in total.